The Hall–Kier alpha value is -0.430. The molecule has 1 aromatic rings. The quantitative estimate of drug-likeness (QED) is 0.867. The number of nitrogens with one attached hydrogen (secondary N) is 1. The second-order valence-corrected chi connectivity index (χ2v) is 6.91. The van der Waals surface area contributed by atoms with Crippen molar-refractivity contribution in [1.29, 1.82) is 0 Å². The molecule has 1 aliphatic heterocycles. The Morgan fingerprint density at radius 1 is 1.25 bits per heavy atom. The Balaban J connectivity index is 2.15. The molecule has 1 saturated heterocycles. The summed E-state index contributed by atoms with van der Waals surface area (Å²) in [7, 11) is -3.25. The van der Waals surface area contributed by atoms with Crippen molar-refractivity contribution >= 4 is 21.4 Å². The van der Waals surface area contributed by atoms with Crippen molar-refractivity contribution in [2.45, 2.75) is 17.1 Å². The summed E-state index contributed by atoms with van der Waals surface area (Å²) in [6, 6.07) is 3.45. The van der Waals surface area contributed by atoms with E-state index in [-0.39, 0.29) is 0 Å². The first-order chi connectivity index (χ1) is 7.71. The molecule has 16 heavy (non-hydrogen) atoms. The van der Waals surface area contributed by atoms with Gasteiger partial charge in [0.05, 0.1) is 0 Å². The molecule has 6 heteroatoms. The van der Waals surface area contributed by atoms with Crippen LogP contribution in [0.3, 0.4) is 0 Å². The fraction of sp³-hybridized carbons (Fsp3) is 0.600. The topological polar surface area (TPSA) is 49.4 Å². The van der Waals surface area contributed by atoms with E-state index in [4.69, 9.17) is 0 Å². The summed E-state index contributed by atoms with van der Waals surface area (Å²) in [5, 5.41) is 5.03. The van der Waals surface area contributed by atoms with E-state index in [1.807, 2.05) is 0 Å². The van der Waals surface area contributed by atoms with E-state index in [1.54, 1.807) is 21.8 Å². The maximum absolute atomic E-state index is 12.2. The van der Waals surface area contributed by atoms with Crippen LogP contribution in [-0.4, -0.2) is 38.9 Å². The molecule has 1 N–H and O–H groups in total. The maximum Gasteiger partial charge on any atom is 0.252 e. The molecule has 1 fully saturated rings. The predicted octanol–water partition coefficient (Wildman–Crippen LogP) is 1.12. The van der Waals surface area contributed by atoms with Crippen molar-refractivity contribution in [3.63, 3.8) is 0 Å². The second kappa shape index (κ2) is 5.27. The first kappa shape index (κ1) is 12.0. The number of sulfonamides is 1. The lowest BCUT2D eigenvalue weighted by Crippen LogP contribution is -2.39. The van der Waals surface area contributed by atoms with Gasteiger partial charge in [-0.25, -0.2) is 8.42 Å². The molecule has 0 saturated carbocycles. The third-order valence-corrected chi connectivity index (χ3v) is 5.91. The van der Waals surface area contributed by atoms with Gasteiger partial charge in [0.1, 0.15) is 4.21 Å². The molecule has 2 rings (SSSR count). The second-order valence-electron chi connectivity index (χ2n) is 3.79. The van der Waals surface area contributed by atoms with E-state index in [2.05, 4.69) is 5.32 Å². The normalized spacial score (nSPS) is 20.2. The van der Waals surface area contributed by atoms with Gasteiger partial charge < -0.3 is 5.32 Å². The third kappa shape index (κ3) is 2.63. The van der Waals surface area contributed by atoms with Crippen LogP contribution in [0.15, 0.2) is 21.7 Å². The van der Waals surface area contributed by atoms with Crippen molar-refractivity contribution in [3.8, 4) is 0 Å². The minimum Gasteiger partial charge on any atom is -0.315 e. The van der Waals surface area contributed by atoms with Gasteiger partial charge in [-0.15, -0.1) is 11.3 Å². The minimum absolute atomic E-state index is 0.452. The molecule has 0 aromatic carbocycles. The number of thiophene rings is 1. The number of hydrogen-bond acceptors (Lipinski definition) is 4. The molecule has 2 heterocycles. The van der Waals surface area contributed by atoms with Crippen molar-refractivity contribution in [2.75, 3.05) is 26.2 Å². The van der Waals surface area contributed by atoms with Crippen LogP contribution in [0.5, 0.6) is 0 Å². The average molecular weight is 260 g/mol. The zero-order valence-electron chi connectivity index (χ0n) is 9.05. The molecule has 4 nitrogen and oxygen atoms in total. The summed E-state index contributed by atoms with van der Waals surface area (Å²) >= 11 is 1.29. The molecule has 0 unspecified atom stereocenters. The predicted molar refractivity (Wildman–Crippen MR) is 65.2 cm³/mol. The standard InChI is InChI=1S/C10H16N2O2S2/c13-16(14,10-4-3-9-15-10)12-7-2-1-5-11-6-8-12/h3-4,9,11H,1-2,5-8H2. The molecule has 0 atom stereocenters. The highest BCUT2D eigenvalue weighted by Gasteiger charge is 2.25. The average Bonchev–Trinajstić information content (AvgIpc) is 2.68. The summed E-state index contributed by atoms with van der Waals surface area (Å²) in [5.41, 5.74) is 0. The molecule has 0 bridgehead atoms. The molecule has 90 valence electrons. The van der Waals surface area contributed by atoms with E-state index >= 15 is 0 Å². The SMILES string of the molecule is O=S(=O)(c1cccs1)N1CCCCNCC1. The highest BCUT2D eigenvalue weighted by atomic mass is 32.2. The number of hydrogen-bond donors (Lipinski definition) is 1. The summed E-state index contributed by atoms with van der Waals surface area (Å²) < 4.78 is 26.5. The van der Waals surface area contributed by atoms with Gasteiger partial charge in [-0.05, 0) is 30.8 Å². The number of nitrogens with zero attached hydrogens (tertiary/aromatic N) is 1. The first-order valence-corrected chi connectivity index (χ1v) is 7.77. The van der Waals surface area contributed by atoms with Crippen LogP contribution in [0.4, 0.5) is 0 Å². The van der Waals surface area contributed by atoms with Crippen LogP contribution in [0.2, 0.25) is 0 Å². The van der Waals surface area contributed by atoms with Crippen LogP contribution in [0, 0.1) is 0 Å². The summed E-state index contributed by atoms with van der Waals surface area (Å²) in [6.45, 7) is 2.94. The Morgan fingerprint density at radius 2 is 2.12 bits per heavy atom. The molecular weight excluding hydrogens is 244 g/mol. The van der Waals surface area contributed by atoms with Crippen LogP contribution in [-0.2, 0) is 10.0 Å². The summed E-state index contributed by atoms with van der Waals surface area (Å²) in [4.78, 5) is 0. The molecule has 1 aromatic heterocycles. The van der Waals surface area contributed by atoms with E-state index in [9.17, 15) is 8.42 Å². The van der Waals surface area contributed by atoms with Crippen LogP contribution < -0.4 is 5.32 Å². The van der Waals surface area contributed by atoms with E-state index in [0.29, 0.717) is 17.3 Å². The molecule has 1 aliphatic rings. The lowest BCUT2D eigenvalue weighted by atomic mass is 10.3. The van der Waals surface area contributed by atoms with Crippen LogP contribution in [0.1, 0.15) is 12.8 Å². The van der Waals surface area contributed by atoms with E-state index in [0.717, 1.165) is 25.9 Å². The minimum atomic E-state index is -3.25. The molecule has 0 aliphatic carbocycles. The van der Waals surface area contributed by atoms with Gasteiger partial charge in [0.25, 0.3) is 10.0 Å². The van der Waals surface area contributed by atoms with Gasteiger partial charge in [0.15, 0.2) is 0 Å². The smallest absolute Gasteiger partial charge is 0.252 e. The Labute approximate surface area is 100 Å². The summed E-state index contributed by atoms with van der Waals surface area (Å²) in [5.74, 6) is 0. The van der Waals surface area contributed by atoms with Gasteiger partial charge in [-0.2, -0.15) is 4.31 Å². The molecular formula is C10H16N2O2S2. The molecule has 0 spiro atoms. The molecule has 0 radical (unpaired) electrons. The van der Waals surface area contributed by atoms with Gasteiger partial charge >= 0.3 is 0 Å². The highest BCUT2D eigenvalue weighted by Crippen LogP contribution is 2.21. The van der Waals surface area contributed by atoms with Gasteiger partial charge in [0.2, 0.25) is 0 Å². The first-order valence-electron chi connectivity index (χ1n) is 5.45. The largest absolute Gasteiger partial charge is 0.315 e. The lowest BCUT2D eigenvalue weighted by molar-refractivity contribution is 0.373. The Morgan fingerprint density at radius 3 is 2.88 bits per heavy atom. The van der Waals surface area contributed by atoms with Crippen molar-refractivity contribution in [3.05, 3.63) is 17.5 Å². The zero-order valence-corrected chi connectivity index (χ0v) is 10.7. The highest BCUT2D eigenvalue weighted by molar-refractivity contribution is 7.91. The van der Waals surface area contributed by atoms with Crippen LogP contribution in [0.25, 0.3) is 0 Å². The molecule has 0 amide bonds. The van der Waals surface area contributed by atoms with E-state index < -0.39 is 10.0 Å². The number of rotatable bonds is 2. The van der Waals surface area contributed by atoms with Gasteiger partial charge in [0, 0.05) is 19.6 Å². The Bertz CT molecular complexity index is 406. The maximum atomic E-state index is 12.2. The van der Waals surface area contributed by atoms with Crippen LogP contribution >= 0.6 is 11.3 Å². The van der Waals surface area contributed by atoms with Gasteiger partial charge in [-0.1, -0.05) is 6.07 Å². The van der Waals surface area contributed by atoms with Gasteiger partial charge in [-0.3, -0.25) is 0 Å². The monoisotopic (exact) mass is 260 g/mol. The Kier molecular flexibility index (Phi) is 3.96. The third-order valence-electron chi connectivity index (χ3n) is 2.64. The van der Waals surface area contributed by atoms with Crippen molar-refractivity contribution in [2.24, 2.45) is 0 Å². The summed E-state index contributed by atoms with van der Waals surface area (Å²) in [6.07, 6.45) is 1.97. The fourth-order valence-corrected chi connectivity index (χ4v) is 4.38. The van der Waals surface area contributed by atoms with Crippen molar-refractivity contribution < 1.29 is 8.42 Å². The fourth-order valence-electron chi connectivity index (χ4n) is 1.76. The lowest BCUT2D eigenvalue weighted by Gasteiger charge is -2.23. The van der Waals surface area contributed by atoms with E-state index in [1.165, 1.54) is 11.3 Å². The van der Waals surface area contributed by atoms with Crippen molar-refractivity contribution in [1.82, 2.24) is 9.62 Å². The zero-order chi connectivity index (χ0) is 11.4.